The van der Waals surface area contributed by atoms with E-state index >= 15 is 0 Å². The highest BCUT2D eigenvalue weighted by molar-refractivity contribution is 5.81. The maximum absolute atomic E-state index is 11.6. The second-order valence-corrected chi connectivity index (χ2v) is 4.38. The van der Waals surface area contributed by atoms with Crippen LogP contribution in [-0.2, 0) is 9.53 Å². The first-order valence-corrected chi connectivity index (χ1v) is 5.68. The van der Waals surface area contributed by atoms with Crippen LogP contribution in [0.5, 0.6) is 0 Å². The molecule has 88 valence electrons. The summed E-state index contributed by atoms with van der Waals surface area (Å²) in [7, 11) is 1.51. The van der Waals surface area contributed by atoms with Crippen LogP contribution in [0.3, 0.4) is 0 Å². The van der Waals surface area contributed by atoms with Crippen molar-refractivity contribution in [3.8, 4) is 0 Å². The number of ether oxygens (including phenoxy) is 1. The predicted molar refractivity (Wildman–Crippen MR) is 59.4 cm³/mol. The zero-order valence-electron chi connectivity index (χ0n) is 9.71. The van der Waals surface area contributed by atoms with Gasteiger partial charge in [-0.05, 0) is 24.7 Å². The van der Waals surface area contributed by atoms with E-state index in [-0.39, 0.29) is 12.5 Å². The molecule has 1 atom stereocenters. The van der Waals surface area contributed by atoms with E-state index in [9.17, 15) is 4.79 Å². The fourth-order valence-electron chi connectivity index (χ4n) is 2.03. The Labute approximate surface area is 91.5 Å². The Kier molecular flexibility index (Phi) is 4.54. The Hall–Kier alpha value is -0.610. The van der Waals surface area contributed by atoms with Crippen molar-refractivity contribution in [1.29, 1.82) is 0 Å². The highest BCUT2D eigenvalue weighted by Gasteiger charge is 2.35. The normalized spacial score (nSPS) is 20.5. The van der Waals surface area contributed by atoms with Gasteiger partial charge < -0.3 is 15.8 Å². The molecule has 4 nitrogen and oxygen atoms in total. The van der Waals surface area contributed by atoms with Gasteiger partial charge in [0.25, 0.3) is 0 Å². The van der Waals surface area contributed by atoms with E-state index in [0.29, 0.717) is 5.41 Å². The molecule has 0 radical (unpaired) electrons. The number of methoxy groups -OCH3 is 1. The fourth-order valence-corrected chi connectivity index (χ4v) is 2.03. The molecule has 0 aromatic rings. The van der Waals surface area contributed by atoms with Gasteiger partial charge in [0.1, 0.15) is 6.10 Å². The molecule has 1 unspecified atom stereocenters. The Bertz CT molecular complexity index is 205. The minimum Gasteiger partial charge on any atom is -0.370 e. The van der Waals surface area contributed by atoms with Crippen molar-refractivity contribution in [2.75, 3.05) is 20.2 Å². The first kappa shape index (κ1) is 12.5. The third-order valence-corrected chi connectivity index (χ3v) is 3.59. The molecule has 0 saturated heterocycles. The molecule has 3 N–H and O–H groups in total. The van der Waals surface area contributed by atoms with Crippen molar-refractivity contribution in [3.63, 3.8) is 0 Å². The van der Waals surface area contributed by atoms with E-state index in [4.69, 9.17) is 10.5 Å². The first-order valence-electron chi connectivity index (χ1n) is 5.68. The number of hydrogen-bond acceptors (Lipinski definition) is 3. The number of nitrogens with one attached hydrogen (secondary N) is 1. The van der Waals surface area contributed by atoms with Crippen LogP contribution in [0.2, 0.25) is 0 Å². The summed E-state index contributed by atoms with van der Waals surface area (Å²) in [4.78, 5) is 11.6. The van der Waals surface area contributed by atoms with E-state index in [1.165, 1.54) is 26.4 Å². The zero-order valence-corrected chi connectivity index (χ0v) is 9.71. The third-order valence-electron chi connectivity index (χ3n) is 3.59. The molecule has 0 aromatic heterocycles. The molecule has 1 amide bonds. The summed E-state index contributed by atoms with van der Waals surface area (Å²) in [6.07, 6.45) is 4.37. The SMILES string of the molecule is CCC1(CNC(=O)C(CN)OC)CCC1. The van der Waals surface area contributed by atoms with Crippen molar-refractivity contribution in [3.05, 3.63) is 0 Å². The quantitative estimate of drug-likeness (QED) is 0.682. The smallest absolute Gasteiger partial charge is 0.250 e. The van der Waals surface area contributed by atoms with Crippen LogP contribution >= 0.6 is 0 Å². The van der Waals surface area contributed by atoms with Gasteiger partial charge >= 0.3 is 0 Å². The highest BCUT2D eigenvalue weighted by atomic mass is 16.5. The van der Waals surface area contributed by atoms with Gasteiger partial charge in [-0.15, -0.1) is 0 Å². The number of amides is 1. The van der Waals surface area contributed by atoms with Crippen molar-refractivity contribution >= 4 is 5.91 Å². The Morgan fingerprint density at radius 2 is 2.27 bits per heavy atom. The van der Waals surface area contributed by atoms with Crippen molar-refractivity contribution < 1.29 is 9.53 Å². The van der Waals surface area contributed by atoms with Crippen LogP contribution < -0.4 is 11.1 Å². The summed E-state index contributed by atoms with van der Waals surface area (Å²) in [5.41, 5.74) is 5.77. The number of rotatable bonds is 6. The molecule has 0 aromatic carbocycles. The Morgan fingerprint density at radius 3 is 2.60 bits per heavy atom. The molecule has 1 fully saturated rings. The van der Waals surface area contributed by atoms with E-state index in [0.717, 1.165) is 13.0 Å². The lowest BCUT2D eigenvalue weighted by Crippen LogP contribution is -2.47. The minimum absolute atomic E-state index is 0.0836. The summed E-state index contributed by atoms with van der Waals surface area (Å²) in [6, 6.07) is 0. The molecular formula is C11H22N2O2. The van der Waals surface area contributed by atoms with E-state index in [1.807, 2.05) is 0 Å². The first-order chi connectivity index (χ1) is 7.17. The maximum Gasteiger partial charge on any atom is 0.250 e. The van der Waals surface area contributed by atoms with Crippen LogP contribution in [0.25, 0.3) is 0 Å². The van der Waals surface area contributed by atoms with Crippen molar-refractivity contribution in [1.82, 2.24) is 5.32 Å². The van der Waals surface area contributed by atoms with Gasteiger partial charge in [-0.1, -0.05) is 13.3 Å². The van der Waals surface area contributed by atoms with Crippen LogP contribution in [0.4, 0.5) is 0 Å². The van der Waals surface area contributed by atoms with Gasteiger partial charge in [0.15, 0.2) is 0 Å². The molecule has 1 rings (SSSR count). The van der Waals surface area contributed by atoms with Crippen LogP contribution in [0, 0.1) is 5.41 Å². The van der Waals surface area contributed by atoms with Gasteiger partial charge in [0, 0.05) is 20.2 Å². The minimum atomic E-state index is -0.501. The molecule has 0 spiro atoms. The lowest BCUT2D eigenvalue weighted by molar-refractivity contribution is -0.131. The second kappa shape index (κ2) is 5.47. The Morgan fingerprint density at radius 1 is 1.60 bits per heavy atom. The maximum atomic E-state index is 11.6. The van der Waals surface area contributed by atoms with Gasteiger partial charge in [0.05, 0.1) is 0 Å². The number of hydrogen-bond donors (Lipinski definition) is 2. The highest BCUT2D eigenvalue weighted by Crippen LogP contribution is 2.42. The molecule has 4 heteroatoms. The van der Waals surface area contributed by atoms with Gasteiger partial charge in [-0.2, -0.15) is 0 Å². The van der Waals surface area contributed by atoms with Crippen LogP contribution in [0.1, 0.15) is 32.6 Å². The molecule has 0 bridgehead atoms. The van der Waals surface area contributed by atoms with E-state index < -0.39 is 6.10 Å². The van der Waals surface area contributed by atoms with Gasteiger partial charge in [-0.25, -0.2) is 0 Å². The molecule has 1 aliphatic carbocycles. The average molecular weight is 214 g/mol. The lowest BCUT2D eigenvalue weighted by atomic mass is 9.67. The number of carbonyl (C=O) groups excluding carboxylic acids is 1. The summed E-state index contributed by atoms with van der Waals surface area (Å²) in [6.45, 7) is 3.19. The fraction of sp³-hybridized carbons (Fsp3) is 0.909. The van der Waals surface area contributed by atoms with E-state index in [2.05, 4.69) is 12.2 Å². The molecule has 1 saturated carbocycles. The summed E-state index contributed by atoms with van der Waals surface area (Å²) in [5, 5.41) is 2.93. The van der Waals surface area contributed by atoms with Crippen molar-refractivity contribution in [2.24, 2.45) is 11.1 Å². The summed E-state index contributed by atoms with van der Waals surface area (Å²) >= 11 is 0. The second-order valence-electron chi connectivity index (χ2n) is 4.38. The van der Waals surface area contributed by atoms with Gasteiger partial charge in [-0.3, -0.25) is 4.79 Å². The molecule has 0 aliphatic heterocycles. The van der Waals surface area contributed by atoms with Crippen LogP contribution in [0.15, 0.2) is 0 Å². The van der Waals surface area contributed by atoms with Crippen LogP contribution in [-0.4, -0.2) is 32.2 Å². The molecule has 1 aliphatic rings. The molecule has 15 heavy (non-hydrogen) atoms. The molecular weight excluding hydrogens is 192 g/mol. The Balaban J connectivity index is 2.32. The number of nitrogens with two attached hydrogens (primary N) is 1. The number of carbonyl (C=O) groups is 1. The monoisotopic (exact) mass is 214 g/mol. The summed E-state index contributed by atoms with van der Waals surface area (Å²) < 4.78 is 4.97. The largest absolute Gasteiger partial charge is 0.370 e. The predicted octanol–water partition coefficient (Wildman–Crippen LogP) is 0.657. The average Bonchev–Trinajstić information content (AvgIpc) is 2.19. The van der Waals surface area contributed by atoms with Gasteiger partial charge in [0.2, 0.25) is 5.91 Å². The summed E-state index contributed by atoms with van der Waals surface area (Å²) in [5.74, 6) is -0.0836. The zero-order chi connectivity index (χ0) is 11.3. The van der Waals surface area contributed by atoms with E-state index in [1.54, 1.807) is 0 Å². The third kappa shape index (κ3) is 2.92. The standard InChI is InChI=1S/C11H22N2O2/c1-3-11(5-4-6-11)8-13-10(14)9(7-12)15-2/h9H,3-8,12H2,1-2H3,(H,13,14). The van der Waals surface area contributed by atoms with Crippen molar-refractivity contribution in [2.45, 2.75) is 38.7 Å². The lowest BCUT2D eigenvalue weighted by Gasteiger charge is -2.41. The molecule has 0 heterocycles. The topological polar surface area (TPSA) is 64.4 Å².